The minimum Gasteiger partial charge on any atom is -0.338 e. The molecule has 174 valence electrons. The topological polar surface area (TPSA) is 102 Å². The van der Waals surface area contributed by atoms with Crippen molar-refractivity contribution in [3.05, 3.63) is 60.7 Å². The summed E-state index contributed by atoms with van der Waals surface area (Å²) < 4.78 is 1.98. The van der Waals surface area contributed by atoms with E-state index in [-0.39, 0.29) is 11.7 Å². The molecule has 4 aromatic rings. The second kappa shape index (κ2) is 10.9. The number of hydrogen-bond donors (Lipinski definition) is 2. The van der Waals surface area contributed by atoms with Crippen molar-refractivity contribution in [2.75, 3.05) is 12.3 Å². The standard InChI is InChI=1S/C25H26N6O2S/c1-3-14-26-24(33)28-22(32)16-34-25-30-29-23(31(25)4-2)19-15-21(17-10-6-5-7-11-17)27-20-13-9-8-12-18(19)20/h5-13,15H,3-4,14,16H2,1-2H3,(H2,26,28,32,33). The highest BCUT2D eigenvalue weighted by Crippen LogP contribution is 2.32. The van der Waals surface area contributed by atoms with E-state index in [0.29, 0.717) is 24.1 Å². The van der Waals surface area contributed by atoms with Crippen molar-refractivity contribution in [2.45, 2.75) is 32.0 Å². The Morgan fingerprint density at radius 2 is 1.76 bits per heavy atom. The summed E-state index contributed by atoms with van der Waals surface area (Å²) in [5, 5.41) is 15.4. The van der Waals surface area contributed by atoms with Gasteiger partial charge < -0.3 is 9.88 Å². The fraction of sp³-hybridized carbons (Fsp3) is 0.240. The number of amides is 3. The molecular weight excluding hydrogens is 448 g/mol. The van der Waals surface area contributed by atoms with Gasteiger partial charge in [-0.05, 0) is 25.5 Å². The van der Waals surface area contributed by atoms with Crippen LogP contribution in [0.3, 0.4) is 0 Å². The summed E-state index contributed by atoms with van der Waals surface area (Å²) in [7, 11) is 0. The molecule has 34 heavy (non-hydrogen) atoms. The molecule has 2 heterocycles. The minimum atomic E-state index is -0.484. The summed E-state index contributed by atoms with van der Waals surface area (Å²) in [6, 6.07) is 19.5. The molecular formula is C25H26N6O2S. The molecule has 0 spiro atoms. The van der Waals surface area contributed by atoms with Crippen LogP contribution in [0.5, 0.6) is 0 Å². The van der Waals surface area contributed by atoms with Gasteiger partial charge in [0.25, 0.3) is 0 Å². The Morgan fingerprint density at radius 1 is 1.00 bits per heavy atom. The number of fused-ring (bicyclic) bond motifs is 1. The molecule has 0 atom stereocenters. The molecule has 2 N–H and O–H groups in total. The second-order valence-corrected chi connectivity index (χ2v) is 8.52. The van der Waals surface area contributed by atoms with Gasteiger partial charge in [0.05, 0.1) is 17.0 Å². The van der Waals surface area contributed by atoms with E-state index in [1.807, 2.05) is 79.1 Å². The van der Waals surface area contributed by atoms with Gasteiger partial charge in [-0.1, -0.05) is 67.2 Å². The van der Waals surface area contributed by atoms with Gasteiger partial charge in [0.15, 0.2) is 11.0 Å². The van der Waals surface area contributed by atoms with Crippen molar-refractivity contribution in [3.63, 3.8) is 0 Å². The molecule has 0 unspecified atom stereocenters. The summed E-state index contributed by atoms with van der Waals surface area (Å²) in [4.78, 5) is 28.8. The highest BCUT2D eigenvalue weighted by Gasteiger charge is 2.18. The summed E-state index contributed by atoms with van der Waals surface area (Å²) in [6.45, 7) is 5.10. The zero-order chi connectivity index (χ0) is 23.9. The number of pyridine rings is 1. The van der Waals surface area contributed by atoms with Crippen LogP contribution in [0.1, 0.15) is 20.3 Å². The molecule has 3 amide bonds. The average Bonchev–Trinajstić information content (AvgIpc) is 3.28. The van der Waals surface area contributed by atoms with E-state index in [2.05, 4.69) is 20.8 Å². The lowest BCUT2D eigenvalue weighted by atomic mass is 10.0. The van der Waals surface area contributed by atoms with Crippen LogP contribution in [0.25, 0.3) is 33.5 Å². The molecule has 8 nitrogen and oxygen atoms in total. The second-order valence-electron chi connectivity index (χ2n) is 7.58. The van der Waals surface area contributed by atoms with Crippen LogP contribution < -0.4 is 10.6 Å². The molecule has 9 heteroatoms. The van der Waals surface area contributed by atoms with Crippen LogP contribution in [0.2, 0.25) is 0 Å². The van der Waals surface area contributed by atoms with Crippen molar-refractivity contribution in [1.82, 2.24) is 30.4 Å². The van der Waals surface area contributed by atoms with Gasteiger partial charge in [0.1, 0.15) is 0 Å². The van der Waals surface area contributed by atoms with Gasteiger partial charge in [-0.15, -0.1) is 10.2 Å². The van der Waals surface area contributed by atoms with Gasteiger partial charge >= 0.3 is 6.03 Å². The third-order valence-electron chi connectivity index (χ3n) is 5.18. The SMILES string of the molecule is CCCNC(=O)NC(=O)CSc1nnc(-c2cc(-c3ccccc3)nc3ccccc23)n1CC. The summed E-state index contributed by atoms with van der Waals surface area (Å²) in [5.41, 5.74) is 3.67. The number of rotatable bonds is 8. The molecule has 0 aliphatic carbocycles. The highest BCUT2D eigenvalue weighted by molar-refractivity contribution is 7.99. The van der Waals surface area contributed by atoms with Gasteiger partial charge in [-0.3, -0.25) is 10.1 Å². The Hall–Kier alpha value is -3.72. The molecule has 0 radical (unpaired) electrons. The molecule has 0 aliphatic rings. The summed E-state index contributed by atoms with van der Waals surface area (Å²) in [6.07, 6.45) is 0.800. The fourth-order valence-corrected chi connectivity index (χ4v) is 4.37. The van der Waals surface area contributed by atoms with E-state index < -0.39 is 6.03 Å². The number of thioether (sulfide) groups is 1. The Balaban J connectivity index is 1.63. The molecule has 0 fully saturated rings. The number of hydrogen-bond acceptors (Lipinski definition) is 6. The normalized spacial score (nSPS) is 10.9. The number of carbonyl (C=O) groups is 2. The molecule has 0 saturated heterocycles. The summed E-state index contributed by atoms with van der Waals surface area (Å²) >= 11 is 1.25. The van der Waals surface area contributed by atoms with Crippen molar-refractivity contribution >= 4 is 34.6 Å². The van der Waals surface area contributed by atoms with Gasteiger partial charge in [0.2, 0.25) is 5.91 Å². The molecule has 2 aromatic heterocycles. The zero-order valence-electron chi connectivity index (χ0n) is 19.1. The Morgan fingerprint density at radius 3 is 2.53 bits per heavy atom. The van der Waals surface area contributed by atoms with Crippen molar-refractivity contribution in [3.8, 4) is 22.6 Å². The first-order valence-corrected chi connectivity index (χ1v) is 12.2. The van der Waals surface area contributed by atoms with Crippen LogP contribution >= 0.6 is 11.8 Å². The Labute approximate surface area is 202 Å². The van der Waals surface area contributed by atoms with E-state index in [9.17, 15) is 9.59 Å². The maximum absolute atomic E-state index is 12.2. The average molecular weight is 475 g/mol. The summed E-state index contributed by atoms with van der Waals surface area (Å²) in [5.74, 6) is 0.387. The molecule has 2 aromatic carbocycles. The van der Waals surface area contributed by atoms with Crippen molar-refractivity contribution in [2.24, 2.45) is 0 Å². The number of aromatic nitrogens is 4. The number of urea groups is 1. The van der Waals surface area contributed by atoms with Crippen LogP contribution in [0.15, 0.2) is 65.8 Å². The van der Waals surface area contributed by atoms with Gasteiger partial charge in [0, 0.05) is 29.6 Å². The third kappa shape index (κ3) is 5.26. The third-order valence-corrected chi connectivity index (χ3v) is 6.15. The maximum atomic E-state index is 12.2. The first kappa shape index (κ1) is 23.4. The quantitative estimate of drug-likeness (QED) is 0.365. The van der Waals surface area contributed by atoms with Crippen LogP contribution in [-0.4, -0.2) is 44.0 Å². The van der Waals surface area contributed by atoms with Gasteiger partial charge in [-0.2, -0.15) is 0 Å². The first-order valence-electron chi connectivity index (χ1n) is 11.2. The molecule has 0 saturated carbocycles. The largest absolute Gasteiger partial charge is 0.338 e. The minimum absolute atomic E-state index is 0.0596. The predicted molar refractivity (Wildman–Crippen MR) is 134 cm³/mol. The number of nitrogens with one attached hydrogen (secondary N) is 2. The van der Waals surface area contributed by atoms with Crippen LogP contribution in [0, 0.1) is 0 Å². The number of nitrogens with zero attached hydrogens (tertiary/aromatic N) is 4. The number of para-hydroxylation sites is 1. The van der Waals surface area contributed by atoms with Gasteiger partial charge in [-0.25, -0.2) is 9.78 Å². The van der Waals surface area contributed by atoms with Crippen molar-refractivity contribution in [1.29, 1.82) is 0 Å². The van der Waals surface area contributed by atoms with E-state index >= 15 is 0 Å². The smallest absolute Gasteiger partial charge is 0.321 e. The van der Waals surface area contributed by atoms with E-state index in [1.165, 1.54) is 11.8 Å². The van der Waals surface area contributed by atoms with E-state index in [0.717, 1.165) is 34.1 Å². The number of imide groups is 1. The van der Waals surface area contributed by atoms with Crippen LogP contribution in [0.4, 0.5) is 4.79 Å². The zero-order valence-corrected chi connectivity index (χ0v) is 19.9. The fourth-order valence-electron chi connectivity index (χ4n) is 3.57. The highest BCUT2D eigenvalue weighted by atomic mass is 32.2. The maximum Gasteiger partial charge on any atom is 0.321 e. The lowest BCUT2D eigenvalue weighted by Crippen LogP contribution is -2.40. The lowest BCUT2D eigenvalue weighted by molar-refractivity contribution is -0.117. The Kier molecular flexibility index (Phi) is 7.54. The molecule has 0 aliphatic heterocycles. The number of carbonyl (C=O) groups excluding carboxylic acids is 2. The van der Waals surface area contributed by atoms with Crippen LogP contribution in [-0.2, 0) is 11.3 Å². The number of benzene rings is 2. The van der Waals surface area contributed by atoms with E-state index in [4.69, 9.17) is 4.98 Å². The van der Waals surface area contributed by atoms with Crippen molar-refractivity contribution < 1.29 is 9.59 Å². The first-order chi connectivity index (χ1) is 16.6. The predicted octanol–water partition coefficient (Wildman–Crippen LogP) is 4.51. The monoisotopic (exact) mass is 474 g/mol. The molecule has 0 bridgehead atoms. The lowest BCUT2D eigenvalue weighted by Gasteiger charge is -2.12. The molecule has 4 rings (SSSR count). The van der Waals surface area contributed by atoms with E-state index in [1.54, 1.807) is 0 Å². The Bertz CT molecular complexity index is 1310.